The summed E-state index contributed by atoms with van der Waals surface area (Å²) in [5, 5.41) is 9.22. The molecule has 3 rings (SSSR count). The lowest BCUT2D eigenvalue weighted by atomic mass is 9.75. The molecule has 2 atom stereocenters. The third kappa shape index (κ3) is 2.67. The van der Waals surface area contributed by atoms with Crippen molar-refractivity contribution >= 4 is 5.91 Å². The Bertz CT molecular complexity index is 764. The average Bonchev–Trinajstić information content (AvgIpc) is 3.03. The molecule has 2 N–H and O–H groups in total. The maximum atomic E-state index is 14.0. The Kier molecular flexibility index (Phi) is 4.32. The van der Waals surface area contributed by atoms with Gasteiger partial charge in [-0.25, -0.2) is 14.9 Å². The number of hydrogen-bond donors (Lipinski definition) is 2. The second-order valence-electron chi connectivity index (χ2n) is 6.29. The summed E-state index contributed by atoms with van der Waals surface area (Å²) in [7, 11) is 0. The minimum atomic E-state index is -1.01. The highest BCUT2D eigenvalue weighted by atomic mass is 19.1. The number of carbonyl (C=O) groups is 1. The van der Waals surface area contributed by atoms with Crippen LogP contribution in [0.2, 0.25) is 0 Å². The first-order chi connectivity index (χ1) is 11.5. The number of benzene rings is 1. The molecule has 126 valence electrons. The zero-order chi connectivity index (χ0) is 17.3. The third-order valence-electron chi connectivity index (χ3n) is 5.06. The fraction of sp³-hybridized carbons (Fsp3) is 0.333. The van der Waals surface area contributed by atoms with E-state index >= 15 is 0 Å². The monoisotopic (exact) mass is 332 g/mol. The van der Waals surface area contributed by atoms with E-state index in [4.69, 9.17) is 0 Å². The Hall–Kier alpha value is -2.34. The van der Waals surface area contributed by atoms with E-state index in [0.29, 0.717) is 30.4 Å². The SMILES string of the molecule is Cc1c(F)cccc1[C@]1(C(=O)NO)CC[C@H](c2ccc(F)nc2)C1. The van der Waals surface area contributed by atoms with Gasteiger partial charge >= 0.3 is 0 Å². The standard InChI is InChI=1S/C18H18F2N2O2/c1-11-14(3-2-4-15(11)19)18(17(23)22-24)8-7-12(9-18)13-5-6-16(20)21-10-13/h2-6,10,12,24H,7-9H2,1H3,(H,22,23)/t12-,18-/m0/s1. The number of rotatable bonds is 3. The van der Waals surface area contributed by atoms with Gasteiger partial charge in [0.25, 0.3) is 5.91 Å². The van der Waals surface area contributed by atoms with Gasteiger partial charge in [0, 0.05) is 6.20 Å². The van der Waals surface area contributed by atoms with Gasteiger partial charge < -0.3 is 0 Å². The maximum absolute atomic E-state index is 14.0. The van der Waals surface area contributed by atoms with Gasteiger partial charge in [0.15, 0.2) is 0 Å². The molecule has 1 aliphatic rings. The van der Waals surface area contributed by atoms with Gasteiger partial charge in [-0.2, -0.15) is 4.39 Å². The van der Waals surface area contributed by atoms with Crippen LogP contribution in [0.15, 0.2) is 36.5 Å². The van der Waals surface area contributed by atoms with Crippen LogP contribution in [0.3, 0.4) is 0 Å². The Morgan fingerprint density at radius 2 is 2.12 bits per heavy atom. The molecule has 4 nitrogen and oxygen atoms in total. The van der Waals surface area contributed by atoms with E-state index < -0.39 is 17.3 Å². The number of aromatic nitrogens is 1. The quantitative estimate of drug-likeness (QED) is 0.514. The number of halogens is 2. The number of hydroxylamine groups is 1. The second-order valence-corrected chi connectivity index (χ2v) is 6.29. The van der Waals surface area contributed by atoms with Crippen LogP contribution in [0.1, 0.15) is 41.9 Å². The molecule has 24 heavy (non-hydrogen) atoms. The van der Waals surface area contributed by atoms with Crippen molar-refractivity contribution in [3.05, 3.63) is 65.0 Å². The minimum absolute atomic E-state index is 0.0157. The van der Waals surface area contributed by atoms with E-state index in [9.17, 15) is 18.8 Å². The predicted octanol–water partition coefficient (Wildman–Crippen LogP) is 3.38. The summed E-state index contributed by atoms with van der Waals surface area (Å²) in [4.78, 5) is 16.1. The van der Waals surface area contributed by atoms with Crippen LogP contribution < -0.4 is 5.48 Å². The summed E-state index contributed by atoms with van der Waals surface area (Å²) in [5.41, 5.74) is 2.53. The summed E-state index contributed by atoms with van der Waals surface area (Å²) in [5.74, 6) is -1.51. The largest absolute Gasteiger partial charge is 0.289 e. The molecule has 0 saturated heterocycles. The van der Waals surface area contributed by atoms with Crippen LogP contribution in [0, 0.1) is 18.7 Å². The van der Waals surface area contributed by atoms with Crippen molar-refractivity contribution in [1.82, 2.24) is 10.5 Å². The highest BCUT2D eigenvalue weighted by Crippen LogP contribution is 2.49. The van der Waals surface area contributed by atoms with Crippen LogP contribution in [-0.2, 0) is 10.2 Å². The Morgan fingerprint density at radius 3 is 2.79 bits per heavy atom. The van der Waals surface area contributed by atoms with Crippen molar-refractivity contribution < 1.29 is 18.8 Å². The van der Waals surface area contributed by atoms with E-state index in [-0.39, 0.29) is 11.7 Å². The van der Waals surface area contributed by atoms with Gasteiger partial charge in [-0.15, -0.1) is 0 Å². The van der Waals surface area contributed by atoms with E-state index in [1.807, 2.05) is 0 Å². The van der Waals surface area contributed by atoms with E-state index in [0.717, 1.165) is 5.56 Å². The molecule has 6 heteroatoms. The van der Waals surface area contributed by atoms with Crippen LogP contribution in [-0.4, -0.2) is 16.1 Å². The number of nitrogens with zero attached hydrogens (tertiary/aromatic N) is 1. The molecule has 0 spiro atoms. The molecule has 0 aliphatic heterocycles. The molecule has 0 bridgehead atoms. The summed E-state index contributed by atoms with van der Waals surface area (Å²) in [6, 6.07) is 7.57. The number of nitrogens with one attached hydrogen (secondary N) is 1. The lowest BCUT2D eigenvalue weighted by Gasteiger charge is -2.29. The summed E-state index contributed by atoms with van der Waals surface area (Å²) >= 11 is 0. The van der Waals surface area contributed by atoms with E-state index in [2.05, 4.69) is 4.98 Å². The Morgan fingerprint density at radius 1 is 1.33 bits per heavy atom. The van der Waals surface area contributed by atoms with Crippen molar-refractivity contribution in [2.24, 2.45) is 0 Å². The minimum Gasteiger partial charge on any atom is -0.289 e. The van der Waals surface area contributed by atoms with Crippen molar-refractivity contribution in [2.75, 3.05) is 0 Å². The smallest absolute Gasteiger partial charge is 0.254 e. The summed E-state index contributed by atoms with van der Waals surface area (Å²) in [6.45, 7) is 1.63. The van der Waals surface area contributed by atoms with Crippen molar-refractivity contribution in [3.8, 4) is 0 Å². The number of carbonyl (C=O) groups excluding carboxylic acids is 1. The lowest BCUT2D eigenvalue weighted by molar-refractivity contribution is -0.135. The molecule has 1 aliphatic carbocycles. The first kappa shape index (κ1) is 16.5. The van der Waals surface area contributed by atoms with Gasteiger partial charge in [0.1, 0.15) is 5.82 Å². The van der Waals surface area contributed by atoms with E-state index in [1.54, 1.807) is 30.6 Å². The van der Waals surface area contributed by atoms with Crippen LogP contribution in [0.5, 0.6) is 0 Å². The van der Waals surface area contributed by atoms with Gasteiger partial charge in [0.05, 0.1) is 5.41 Å². The molecule has 1 saturated carbocycles. The van der Waals surface area contributed by atoms with Gasteiger partial charge in [-0.1, -0.05) is 18.2 Å². The molecular weight excluding hydrogens is 314 g/mol. The first-order valence-corrected chi connectivity index (χ1v) is 7.79. The topological polar surface area (TPSA) is 62.2 Å². The molecule has 2 aromatic rings. The van der Waals surface area contributed by atoms with Crippen LogP contribution >= 0.6 is 0 Å². The highest BCUT2D eigenvalue weighted by Gasteiger charge is 2.48. The van der Waals surface area contributed by atoms with Crippen molar-refractivity contribution in [2.45, 2.75) is 37.5 Å². The molecule has 1 fully saturated rings. The molecule has 1 aromatic heterocycles. The third-order valence-corrected chi connectivity index (χ3v) is 5.06. The fourth-order valence-corrected chi connectivity index (χ4v) is 3.76. The second kappa shape index (κ2) is 6.28. The van der Waals surface area contributed by atoms with Gasteiger partial charge in [0.2, 0.25) is 5.95 Å². The maximum Gasteiger partial charge on any atom is 0.254 e. The number of pyridine rings is 1. The zero-order valence-electron chi connectivity index (χ0n) is 13.2. The molecule has 0 unspecified atom stereocenters. The molecule has 1 amide bonds. The number of hydrogen-bond acceptors (Lipinski definition) is 3. The molecule has 0 radical (unpaired) electrons. The average molecular weight is 332 g/mol. The van der Waals surface area contributed by atoms with E-state index in [1.165, 1.54) is 18.3 Å². The van der Waals surface area contributed by atoms with Crippen LogP contribution in [0.4, 0.5) is 8.78 Å². The predicted molar refractivity (Wildman–Crippen MR) is 83.5 cm³/mol. The molecule has 1 heterocycles. The van der Waals surface area contributed by atoms with Gasteiger partial charge in [-0.3, -0.25) is 10.0 Å². The van der Waals surface area contributed by atoms with Crippen molar-refractivity contribution in [3.63, 3.8) is 0 Å². The fourth-order valence-electron chi connectivity index (χ4n) is 3.76. The molecular formula is C18H18F2N2O2. The number of amides is 1. The van der Waals surface area contributed by atoms with Gasteiger partial charge in [-0.05, 0) is 60.9 Å². The normalized spacial score (nSPS) is 23.2. The Balaban J connectivity index is 2.01. The van der Waals surface area contributed by atoms with Crippen molar-refractivity contribution in [1.29, 1.82) is 0 Å². The Labute approximate surface area is 138 Å². The lowest BCUT2D eigenvalue weighted by Crippen LogP contribution is -2.42. The summed E-state index contributed by atoms with van der Waals surface area (Å²) < 4.78 is 27.0. The summed E-state index contributed by atoms with van der Waals surface area (Å²) in [6.07, 6.45) is 2.99. The first-order valence-electron chi connectivity index (χ1n) is 7.79. The molecule has 1 aromatic carbocycles. The van der Waals surface area contributed by atoms with Crippen LogP contribution in [0.25, 0.3) is 0 Å². The highest BCUT2D eigenvalue weighted by molar-refractivity contribution is 5.88. The zero-order valence-corrected chi connectivity index (χ0v) is 13.2.